The highest BCUT2D eigenvalue weighted by Crippen LogP contribution is 2.32. The van der Waals surface area contributed by atoms with Gasteiger partial charge in [0, 0.05) is 43.6 Å². The molecule has 2 aromatic heterocycles. The van der Waals surface area contributed by atoms with Crippen LogP contribution >= 0.6 is 0 Å². The van der Waals surface area contributed by atoms with Gasteiger partial charge in [-0.3, -0.25) is 4.79 Å². The van der Waals surface area contributed by atoms with E-state index in [1.54, 1.807) is 18.2 Å². The molecule has 196 valence electrons. The van der Waals surface area contributed by atoms with Crippen molar-refractivity contribution in [3.63, 3.8) is 0 Å². The topological polar surface area (TPSA) is 95.2 Å². The first-order valence-electron chi connectivity index (χ1n) is 12.8. The van der Waals surface area contributed by atoms with Crippen LogP contribution in [0.3, 0.4) is 0 Å². The second kappa shape index (κ2) is 10.4. The fraction of sp³-hybridized carbons (Fsp3) is 0.556. The number of ether oxygens (including phenoxy) is 1. The molecule has 36 heavy (non-hydrogen) atoms. The van der Waals surface area contributed by atoms with Gasteiger partial charge in [-0.2, -0.15) is 0 Å². The van der Waals surface area contributed by atoms with E-state index >= 15 is 0 Å². The fourth-order valence-electron chi connectivity index (χ4n) is 4.67. The van der Waals surface area contributed by atoms with Gasteiger partial charge in [0.1, 0.15) is 5.82 Å². The zero-order valence-corrected chi connectivity index (χ0v) is 22.8. The molecule has 0 bridgehead atoms. The third-order valence-electron chi connectivity index (χ3n) is 7.11. The van der Waals surface area contributed by atoms with Crippen LogP contribution in [0.25, 0.3) is 11.0 Å². The molecular formula is C27H38N4O4S. The lowest BCUT2D eigenvalue weighted by Crippen LogP contribution is -2.31. The van der Waals surface area contributed by atoms with E-state index in [2.05, 4.69) is 30.7 Å². The van der Waals surface area contributed by atoms with E-state index in [-0.39, 0.29) is 28.7 Å². The third kappa shape index (κ3) is 5.52. The highest BCUT2D eigenvalue weighted by atomic mass is 32.2. The van der Waals surface area contributed by atoms with Crippen molar-refractivity contribution in [2.24, 2.45) is 5.92 Å². The van der Waals surface area contributed by atoms with Crippen molar-refractivity contribution in [1.29, 1.82) is 0 Å². The molecule has 1 N–H and O–H groups in total. The molecule has 0 unspecified atom stereocenters. The summed E-state index contributed by atoms with van der Waals surface area (Å²) in [4.78, 5) is 17.2. The number of hydrogen-bond donors (Lipinski definition) is 1. The van der Waals surface area contributed by atoms with Gasteiger partial charge in [-0.1, -0.05) is 20.8 Å². The van der Waals surface area contributed by atoms with Crippen LogP contribution in [0.2, 0.25) is 0 Å². The lowest BCUT2D eigenvalue weighted by molar-refractivity contribution is -0.120. The molecule has 1 aromatic carbocycles. The molecule has 4 rings (SSSR count). The number of carbonyl (C=O) groups is 1. The largest absolute Gasteiger partial charge is 0.381 e. The van der Waals surface area contributed by atoms with E-state index in [9.17, 15) is 13.2 Å². The van der Waals surface area contributed by atoms with Gasteiger partial charge >= 0.3 is 0 Å². The van der Waals surface area contributed by atoms with Gasteiger partial charge in [-0.05, 0) is 68.9 Å². The number of hydrogen-bond acceptors (Lipinski definition) is 5. The minimum absolute atomic E-state index is 0.0314. The second-order valence-electron chi connectivity index (χ2n) is 10.7. The molecule has 0 spiro atoms. The number of aromatic nitrogens is 3. The second-order valence-corrected chi connectivity index (χ2v) is 12.6. The molecule has 0 aliphatic carbocycles. The Labute approximate surface area is 214 Å². The molecule has 3 aromatic rings. The van der Waals surface area contributed by atoms with Gasteiger partial charge in [0.2, 0.25) is 5.91 Å². The van der Waals surface area contributed by atoms with Crippen molar-refractivity contribution in [3.8, 4) is 0 Å². The Morgan fingerprint density at radius 1 is 1.22 bits per heavy atom. The van der Waals surface area contributed by atoms with Crippen molar-refractivity contribution in [3.05, 3.63) is 48.0 Å². The molecule has 3 heterocycles. The number of nitrogens with one attached hydrogen (secondary N) is 1. The van der Waals surface area contributed by atoms with Crippen LogP contribution in [0.1, 0.15) is 65.3 Å². The number of benzene rings is 1. The lowest BCUT2D eigenvalue weighted by Gasteiger charge is -2.28. The quantitative estimate of drug-likeness (QED) is 0.460. The zero-order chi connectivity index (χ0) is 26.1. The van der Waals surface area contributed by atoms with Crippen LogP contribution in [-0.4, -0.2) is 47.1 Å². The summed E-state index contributed by atoms with van der Waals surface area (Å²) in [7, 11) is -3.82. The molecule has 1 amide bonds. The number of nitrogens with zero attached hydrogens (tertiary/aromatic N) is 3. The molecule has 9 heteroatoms. The van der Waals surface area contributed by atoms with Crippen LogP contribution < -0.4 is 5.32 Å². The van der Waals surface area contributed by atoms with Gasteiger partial charge in [0.25, 0.3) is 10.0 Å². The number of fused-ring (bicyclic) bond motifs is 1. The van der Waals surface area contributed by atoms with Crippen LogP contribution in [-0.2, 0) is 37.9 Å². The number of carbonyl (C=O) groups excluding carboxylic acids is 1. The number of imidazole rings is 1. The van der Waals surface area contributed by atoms with Crippen molar-refractivity contribution >= 4 is 27.0 Å². The summed E-state index contributed by atoms with van der Waals surface area (Å²) in [6.45, 7) is 12.7. The minimum Gasteiger partial charge on any atom is -0.381 e. The Hall–Kier alpha value is -2.65. The lowest BCUT2D eigenvalue weighted by atomic mass is 9.89. The Morgan fingerprint density at radius 3 is 2.61 bits per heavy atom. The molecule has 1 aliphatic rings. The van der Waals surface area contributed by atoms with Crippen LogP contribution in [0, 0.1) is 5.92 Å². The van der Waals surface area contributed by atoms with E-state index in [4.69, 9.17) is 9.72 Å². The third-order valence-corrected chi connectivity index (χ3v) is 8.74. The number of amides is 1. The summed E-state index contributed by atoms with van der Waals surface area (Å²) in [5.41, 5.74) is 2.14. The summed E-state index contributed by atoms with van der Waals surface area (Å²) in [5.74, 6) is 1.36. The van der Waals surface area contributed by atoms with Crippen molar-refractivity contribution in [2.75, 3.05) is 13.2 Å². The predicted molar refractivity (Wildman–Crippen MR) is 141 cm³/mol. The molecule has 1 saturated heterocycles. The summed E-state index contributed by atoms with van der Waals surface area (Å²) in [5, 5.41) is 2.83. The molecule has 1 fully saturated rings. The first-order valence-corrected chi connectivity index (χ1v) is 14.3. The Kier molecular flexibility index (Phi) is 7.61. The van der Waals surface area contributed by atoms with Crippen molar-refractivity contribution in [1.82, 2.24) is 18.8 Å². The summed E-state index contributed by atoms with van der Waals surface area (Å²) >= 11 is 0. The Morgan fingerprint density at radius 2 is 1.94 bits per heavy atom. The standard InChI is InChI=1S/C27H38N4O4S/c1-6-27(4,5)26-29-23-16-22(7-8-24(23)31(26)18-20-10-13-35-14-11-20)36(33,34)30-12-9-21(17-30)15-25(32)28-19(2)3/h7-9,12,16-17,19-20H,6,10-11,13-15,18H2,1-5H3,(H,28,32). The number of rotatable bonds is 9. The minimum atomic E-state index is -3.82. The molecule has 1 aliphatic heterocycles. The Balaban J connectivity index is 1.67. The maximum absolute atomic E-state index is 13.4. The van der Waals surface area contributed by atoms with E-state index in [1.807, 2.05) is 19.9 Å². The maximum Gasteiger partial charge on any atom is 0.267 e. The van der Waals surface area contributed by atoms with Crippen LogP contribution in [0.5, 0.6) is 0 Å². The van der Waals surface area contributed by atoms with E-state index in [0.29, 0.717) is 17.0 Å². The van der Waals surface area contributed by atoms with E-state index in [1.165, 1.54) is 16.4 Å². The fourth-order valence-corrected chi connectivity index (χ4v) is 5.91. The van der Waals surface area contributed by atoms with Gasteiger partial charge in [0.15, 0.2) is 0 Å². The summed E-state index contributed by atoms with van der Waals surface area (Å²) < 4.78 is 35.9. The smallest absolute Gasteiger partial charge is 0.267 e. The average molecular weight is 515 g/mol. The van der Waals surface area contributed by atoms with E-state index < -0.39 is 10.0 Å². The monoisotopic (exact) mass is 514 g/mol. The zero-order valence-electron chi connectivity index (χ0n) is 22.0. The van der Waals surface area contributed by atoms with Crippen molar-refractivity contribution in [2.45, 2.75) is 83.2 Å². The first kappa shape index (κ1) is 26.4. The molecule has 0 atom stereocenters. The maximum atomic E-state index is 13.4. The van der Waals surface area contributed by atoms with Gasteiger partial charge in [-0.15, -0.1) is 0 Å². The predicted octanol–water partition coefficient (Wildman–Crippen LogP) is 4.26. The molecule has 8 nitrogen and oxygen atoms in total. The molecule has 0 saturated carbocycles. The van der Waals surface area contributed by atoms with Gasteiger partial charge < -0.3 is 14.6 Å². The highest BCUT2D eigenvalue weighted by molar-refractivity contribution is 7.90. The van der Waals surface area contributed by atoms with E-state index in [0.717, 1.165) is 50.4 Å². The molecule has 0 radical (unpaired) electrons. The molecular weight excluding hydrogens is 476 g/mol. The summed E-state index contributed by atoms with van der Waals surface area (Å²) in [6, 6.07) is 6.91. The van der Waals surface area contributed by atoms with Crippen LogP contribution in [0.15, 0.2) is 41.6 Å². The van der Waals surface area contributed by atoms with Crippen LogP contribution in [0.4, 0.5) is 0 Å². The SMILES string of the molecule is CCC(C)(C)c1nc2cc(S(=O)(=O)n3ccc(CC(=O)NC(C)C)c3)ccc2n1CC1CCOCC1. The van der Waals surface area contributed by atoms with Gasteiger partial charge in [0.05, 0.1) is 22.3 Å². The average Bonchev–Trinajstić information content (AvgIpc) is 3.44. The Bertz CT molecular complexity index is 1330. The normalized spacial score (nSPS) is 15.6. The highest BCUT2D eigenvalue weighted by Gasteiger charge is 2.29. The first-order chi connectivity index (χ1) is 17.0. The van der Waals surface area contributed by atoms with Crippen molar-refractivity contribution < 1.29 is 17.9 Å². The summed E-state index contributed by atoms with van der Waals surface area (Å²) in [6.07, 6.45) is 6.09. The van der Waals surface area contributed by atoms with Gasteiger partial charge in [-0.25, -0.2) is 17.4 Å².